The molecule has 0 aromatic carbocycles. The maximum absolute atomic E-state index is 4.81. The molecule has 2 heterocycles. The molecule has 1 unspecified atom stereocenters. The largest absolute Gasteiger partial charge is 0.357 e. The van der Waals surface area contributed by atoms with Crippen molar-refractivity contribution >= 4 is 17.3 Å². The monoisotopic (exact) mass is 322 g/mol. The Balaban J connectivity index is 1.98. The van der Waals surface area contributed by atoms with Gasteiger partial charge in [0.05, 0.1) is 12.2 Å². The average molecular weight is 323 g/mol. The molecule has 1 N–H and O–H groups in total. The first-order valence-corrected chi connectivity index (χ1v) is 9.27. The van der Waals surface area contributed by atoms with Crippen molar-refractivity contribution in [2.75, 3.05) is 19.6 Å². The molecule has 2 rings (SSSR count). The summed E-state index contributed by atoms with van der Waals surface area (Å²) in [5, 5.41) is 4.56. The van der Waals surface area contributed by atoms with Crippen molar-refractivity contribution < 1.29 is 0 Å². The van der Waals surface area contributed by atoms with Gasteiger partial charge in [-0.05, 0) is 45.4 Å². The molecule has 1 aromatic heterocycles. The van der Waals surface area contributed by atoms with Crippen LogP contribution in [0.5, 0.6) is 0 Å². The fourth-order valence-electron chi connectivity index (χ4n) is 3.06. The zero-order chi connectivity index (χ0) is 16.1. The second kappa shape index (κ2) is 7.95. The van der Waals surface area contributed by atoms with Crippen LogP contribution in [0.4, 0.5) is 0 Å². The third-order valence-electron chi connectivity index (χ3n) is 4.16. The maximum atomic E-state index is 4.81. The number of nitrogens with one attached hydrogen (secondary N) is 1. The van der Waals surface area contributed by atoms with Gasteiger partial charge in [-0.25, -0.2) is 9.98 Å². The lowest BCUT2D eigenvalue weighted by Crippen LogP contribution is -2.40. The summed E-state index contributed by atoms with van der Waals surface area (Å²) in [7, 11) is 0. The van der Waals surface area contributed by atoms with Crippen molar-refractivity contribution in [3.8, 4) is 0 Å². The highest BCUT2D eigenvalue weighted by Crippen LogP contribution is 2.23. The van der Waals surface area contributed by atoms with E-state index in [1.165, 1.54) is 17.7 Å². The molecule has 1 aliphatic heterocycles. The highest BCUT2D eigenvalue weighted by atomic mass is 32.1. The van der Waals surface area contributed by atoms with Crippen molar-refractivity contribution in [2.45, 2.75) is 54.0 Å². The lowest BCUT2D eigenvalue weighted by Gasteiger charge is -2.22. The van der Waals surface area contributed by atoms with Crippen LogP contribution in [0.25, 0.3) is 0 Å². The van der Waals surface area contributed by atoms with Gasteiger partial charge in [-0.1, -0.05) is 13.8 Å². The van der Waals surface area contributed by atoms with Gasteiger partial charge in [0, 0.05) is 24.5 Å². The van der Waals surface area contributed by atoms with E-state index < -0.39 is 0 Å². The molecular formula is C17H30N4S. The fourth-order valence-corrected chi connectivity index (χ4v) is 3.92. The van der Waals surface area contributed by atoms with E-state index in [-0.39, 0.29) is 0 Å². The van der Waals surface area contributed by atoms with Gasteiger partial charge in [-0.2, -0.15) is 0 Å². The van der Waals surface area contributed by atoms with Crippen LogP contribution in [0, 0.1) is 25.7 Å². The molecule has 0 amide bonds. The predicted octanol–water partition coefficient (Wildman–Crippen LogP) is 3.59. The third-order valence-corrected chi connectivity index (χ3v) is 5.22. The molecule has 1 atom stereocenters. The van der Waals surface area contributed by atoms with E-state index in [2.05, 4.69) is 49.8 Å². The minimum absolute atomic E-state index is 0.688. The molecule has 0 saturated carbocycles. The zero-order valence-electron chi connectivity index (χ0n) is 14.6. The molecule has 124 valence electrons. The van der Waals surface area contributed by atoms with Gasteiger partial charge >= 0.3 is 0 Å². The third kappa shape index (κ3) is 4.70. The maximum Gasteiger partial charge on any atom is 0.194 e. The van der Waals surface area contributed by atoms with Crippen molar-refractivity contribution in [1.29, 1.82) is 0 Å². The van der Waals surface area contributed by atoms with E-state index in [9.17, 15) is 0 Å². The van der Waals surface area contributed by atoms with Crippen LogP contribution in [0.3, 0.4) is 0 Å². The van der Waals surface area contributed by atoms with Gasteiger partial charge in [-0.15, -0.1) is 11.3 Å². The number of guanidine groups is 1. The van der Waals surface area contributed by atoms with E-state index in [0.29, 0.717) is 6.54 Å². The summed E-state index contributed by atoms with van der Waals surface area (Å²) in [5.74, 6) is 2.65. The van der Waals surface area contributed by atoms with Crippen molar-refractivity contribution in [2.24, 2.45) is 16.8 Å². The van der Waals surface area contributed by atoms with E-state index >= 15 is 0 Å². The van der Waals surface area contributed by atoms with Crippen molar-refractivity contribution in [3.05, 3.63) is 15.6 Å². The van der Waals surface area contributed by atoms with Gasteiger partial charge in [-0.3, -0.25) is 0 Å². The van der Waals surface area contributed by atoms with E-state index in [1.807, 2.05) is 0 Å². The number of rotatable bonds is 5. The van der Waals surface area contributed by atoms with Crippen molar-refractivity contribution in [1.82, 2.24) is 15.2 Å². The number of thiazole rings is 1. The summed E-state index contributed by atoms with van der Waals surface area (Å²) in [6, 6.07) is 0. The molecule has 0 radical (unpaired) electrons. The van der Waals surface area contributed by atoms with Gasteiger partial charge in [0.25, 0.3) is 0 Å². The Morgan fingerprint density at radius 3 is 2.82 bits per heavy atom. The number of hydrogen-bond acceptors (Lipinski definition) is 3. The normalized spacial score (nSPS) is 19.3. The number of nitrogens with zero attached hydrogens (tertiary/aromatic N) is 3. The molecule has 1 fully saturated rings. The standard InChI is InChI=1S/C17H30N4S/c1-6-18-17(19-10-16-20-13(4)14(5)22-16)21-8-7-15(11-21)9-12(2)3/h12,15H,6-11H2,1-5H3,(H,18,19). The first-order chi connectivity index (χ1) is 10.5. The average Bonchev–Trinajstić information content (AvgIpc) is 3.02. The van der Waals surface area contributed by atoms with Crippen LogP contribution < -0.4 is 5.32 Å². The molecule has 1 saturated heterocycles. The van der Waals surface area contributed by atoms with Crippen molar-refractivity contribution in [3.63, 3.8) is 0 Å². The summed E-state index contributed by atoms with van der Waals surface area (Å²) in [4.78, 5) is 13.1. The van der Waals surface area contributed by atoms with E-state index in [1.54, 1.807) is 11.3 Å². The number of hydrogen-bond donors (Lipinski definition) is 1. The molecular weight excluding hydrogens is 292 g/mol. The van der Waals surface area contributed by atoms with E-state index in [0.717, 1.165) is 48.1 Å². The zero-order valence-corrected chi connectivity index (χ0v) is 15.5. The number of likely N-dealkylation sites (tertiary alicyclic amines) is 1. The lowest BCUT2D eigenvalue weighted by molar-refractivity contribution is 0.403. The first kappa shape index (κ1) is 17.3. The number of aryl methyl sites for hydroxylation is 2. The van der Waals surface area contributed by atoms with Crippen LogP contribution in [-0.4, -0.2) is 35.5 Å². The summed E-state index contributed by atoms with van der Waals surface area (Å²) in [6.45, 7) is 14.8. The van der Waals surface area contributed by atoms with Crippen LogP contribution >= 0.6 is 11.3 Å². The van der Waals surface area contributed by atoms with Crippen LogP contribution in [-0.2, 0) is 6.54 Å². The van der Waals surface area contributed by atoms with Crippen LogP contribution in [0.2, 0.25) is 0 Å². The molecule has 22 heavy (non-hydrogen) atoms. The number of aliphatic imine (C=N–C) groups is 1. The van der Waals surface area contributed by atoms with Crippen LogP contribution in [0.1, 0.15) is 49.2 Å². The topological polar surface area (TPSA) is 40.5 Å². The summed E-state index contributed by atoms with van der Waals surface area (Å²) >= 11 is 1.76. The summed E-state index contributed by atoms with van der Waals surface area (Å²) in [5.41, 5.74) is 1.14. The second-order valence-electron chi connectivity index (χ2n) is 6.65. The molecule has 0 bridgehead atoms. The Labute approximate surface area is 139 Å². The second-order valence-corrected chi connectivity index (χ2v) is 7.94. The van der Waals surface area contributed by atoms with Gasteiger partial charge in [0.1, 0.15) is 5.01 Å². The number of aromatic nitrogens is 1. The molecule has 0 aliphatic carbocycles. The Kier molecular flexibility index (Phi) is 6.24. The van der Waals surface area contributed by atoms with E-state index in [4.69, 9.17) is 4.99 Å². The smallest absolute Gasteiger partial charge is 0.194 e. The summed E-state index contributed by atoms with van der Waals surface area (Å²) < 4.78 is 0. The highest BCUT2D eigenvalue weighted by Gasteiger charge is 2.25. The van der Waals surface area contributed by atoms with Gasteiger partial charge < -0.3 is 10.2 Å². The molecule has 5 heteroatoms. The first-order valence-electron chi connectivity index (χ1n) is 8.45. The Morgan fingerprint density at radius 1 is 1.45 bits per heavy atom. The van der Waals surface area contributed by atoms with Gasteiger partial charge in [0.2, 0.25) is 0 Å². The Morgan fingerprint density at radius 2 is 2.23 bits per heavy atom. The lowest BCUT2D eigenvalue weighted by atomic mass is 9.97. The fraction of sp³-hybridized carbons (Fsp3) is 0.765. The highest BCUT2D eigenvalue weighted by molar-refractivity contribution is 7.11. The molecule has 0 spiro atoms. The minimum atomic E-state index is 0.688. The SMILES string of the molecule is CCNC(=NCc1nc(C)c(C)s1)N1CCC(CC(C)C)C1. The Hall–Kier alpha value is -1.10. The minimum Gasteiger partial charge on any atom is -0.357 e. The quantitative estimate of drug-likeness (QED) is 0.665. The predicted molar refractivity (Wildman–Crippen MR) is 95.5 cm³/mol. The summed E-state index contributed by atoms with van der Waals surface area (Å²) in [6.07, 6.45) is 2.61. The van der Waals surface area contributed by atoms with Crippen LogP contribution in [0.15, 0.2) is 4.99 Å². The molecule has 1 aliphatic rings. The van der Waals surface area contributed by atoms with Gasteiger partial charge in [0.15, 0.2) is 5.96 Å². The molecule has 4 nitrogen and oxygen atoms in total. The Bertz CT molecular complexity index is 487. The molecule has 1 aromatic rings.